The molecule has 7 heteroatoms. The number of hydrogen-bond acceptors (Lipinski definition) is 4. The number of H-pyrrole nitrogens is 1. The van der Waals surface area contributed by atoms with Crippen LogP contribution in [0, 0.1) is 13.8 Å². The van der Waals surface area contributed by atoms with E-state index >= 15 is 0 Å². The minimum absolute atomic E-state index is 0.0800. The van der Waals surface area contributed by atoms with Crippen LogP contribution in [0.2, 0.25) is 0 Å². The maximum Gasteiger partial charge on any atom is 0.259 e. The number of likely N-dealkylation sites (N-methyl/N-ethyl adjacent to an activating group) is 1. The number of ether oxygens (including phenoxy) is 1. The summed E-state index contributed by atoms with van der Waals surface area (Å²) in [6.45, 7) is 4.53. The molecule has 2 rings (SSSR count). The Bertz CT molecular complexity index is 676. The highest BCUT2D eigenvalue weighted by Crippen LogP contribution is 2.16. The molecule has 21 heavy (non-hydrogen) atoms. The lowest BCUT2D eigenvalue weighted by Gasteiger charge is -2.16. The van der Waals surface area contributed by atoms with Crippen molar-refractivity contribution in [2.45, 2.75) is 18.9 Å². The van der Waals surface area contributed by atoms with Crippen LogP contribution in [0.15, 0.2) is 35.7 Å². The summed E-state index contributed by atoms with van der Waals surface area (Å²) in [4.78, 5) is 6.33. The SMILES string of the molecule is Cc1cc(C)cc(OCCN(C)S(=O)(=O)c2cnc[nH]2)c1. The topological polar surface area (TPSA) is 75.3 Å². The summed E-state index contributed by atoms with van der Waals surface area (Å²) in [5.41, 5.74) is 2.23. The molecule has 0 atom stereocenters. The van der Waals surface area contributed by atoms with Gasteiger partial charge in [0.25, 0.3) is 10.0 Å². The molecule has 114 valence electrons. The molecular weight excluding hydrogens is 290 g/mol. The van der Waals surface area contributed by atoms with Gasteiger partial charge < -0.3 is 9.72 Å². The van der Waals surface area contributed by atoms with Gasteiger partial charge in [-0.25, -0.2) is 13.4 Å². The lowest BCUT2D eigenvalue weighted by Crippen LogP contribution is -2.31. The number of aryl methyl sites for hydroxylation is 2. The average molecular weight is 309 g/mol. The zero-order chi connectivity index (χ0) is 15.5. The molecular formula is C14H19N3O3S. The van der Waals surface area contributed by atoms with E-state index in [1.165, 1.54) is 23.9 Å². The third kappa shape index (κ3) is 3.83. The second-order valence-corrected chi connectivity index (χ2v) is 6.93. The van der Waals surface area contributed by atoms with E-state index in [1.807, 2.05) is 26.0 Å². The van der Waals surface area contributed by atoms with Crippen molar-refractivity contribution in [1.82, 2.24) is 14.3 Å². The van der Waals surface area contributed by atoms with E-state index in [9.17, 15) is 8.42 Å². The zero-order valence-electron chi connectivity index (χ0n) is 12.3. The van der Waals surface area contributed by atoms with Crippen LogP contribution < -0.4 is 4.74 Å². The van der Waals surface area contributed by atoms with Crippen molar-refractivity contribution < 1.29 is 13.2 Å². The Kier molecular flexibility index (Phi) is 4.64. The Balaban J connectivity index is 1.94. The van der Waals surface area contributed by atoms with Crippen LogP contribution in [0.5, 0.6) is 5.75 Å². The van der Waals surface area contributed by atoms with Crippen LogP contribution >= 0.6 is 0 Å². The molecule has 0 unspecified atom stereocenters. The normalized spacial score (nSPS) is 11.8. The van der Waals surface area contributed by atoms with E-state index in [4.69, 9.17) is 4.74 Å². The molecule has 2 aromatic rings. The van der Waals surface area contributed by atoms with Crippen LogP contribution in [-0.4, -0.2) is 42.9 Å². The van der Waals surface area contributed by atoms with E-state index in [1.54, 1.807) is 0 Å². The Morgan fingerprint density at radius 1 is 1.24 bits per heavy atom. The van der Waals surface area contributed by atoms with Gasteiger partial charge in [-0.3, -0.25) is 0 Å². The highest BCUT2D eigenvalue weighted by Gasteiger charge is 2.21. The van der Waals surface area contributed by atoms with E-state index in [0.29, 0.717) is 0 Å². The molecule has 0 saturated carbocycles. The van der Waals surface area contributed by atoms with Crippen molar-refractivity contribution in [3.05, 3.63) is 41.9 Å². The highest BCUT2D eigenvalue weighted by atomic mass is 32.2. The quantitative estimate of drug-likeness (QED) is 0.881. The van der Waals surface area contributed by atoms with Crippen LogP contribution in [0.4, 0.5) is 0 Å². The molecule has 0 fully saturated rings. The summed E-state index contributed by atoms with van der Waals surface area (Å²) in [5.74, 6) is 0.750. The molecule has 0 bridgehead atoms. The van der Waals surface area contributed by atoms with Crippen LogP contribution in [0.1, 0.15) is 11.1 Å². The first kappa shape index (κ1) is 15.5. The van der Waals surface area contributed by atoms with Crippen LogP contribution in [-0.2, 0) is 10.0 Å². The number of rotatable bonds is 6. The molecule has 0 saturated heterocycles. The summed E-state index contributed by atoms with van der Waals surface area (Å²) in [6, 6.07) is 5.91. The maximum absolute atomic E-state index is 12.1. The fourth-order valence-electron chi connectivity index (χ4n) is 1.98. The van der Waals surface area contributed by atoms with Crippen molar-refractivity contribution >= 4 is 10.0 Å². The summed E-state index contributed by atoms with van der Waals surface area (Å²) in [5, 5.41) is 0.0800. The monoisotopic (exact) mass is 309 g/mol. The summed E-state index contributed by atoms with van der Waals surface area (Å²) < 4.78 is 31.1. The van der Waals surface area contributed by atoms with Gasteiger partial charge in [0, 0.05) is 13.6 Å². The van der Waals surface area contributed by atoms with E-state index < -0.39 is 10.0 Å². The van der Waals surface area contributed by atoms with Gasteiger partial charge in [0.2, 0.25) is 0 Å². The van der Waals surface area contributed by atoms with Crippen LogP contribution in [0.3, 0.4) is 0 Å². The van der Waals surface area contributed by atoms with Gasteiger partial charge in [0.05, 0.1) is 12.5 Å². The average Bonchev–Trinajstić information content (AvgIpc) is 2.91. The van der Waals surface area contributed by atoms with Gasteiger partial charge in [-0.05, 0) is 37.1 Å². The molecule has 0 aliphatic heterocycles. The summed E-state index contributed by atoms with van der Waals surface area (Å²) in [6.07, 6.45) is 2.63. The van der Waals surface area contributed by atoms with Crippen LogP contribution in [0.25, 0.3) is 0 Å². The molecule has 0 aliphatic carbocycles. The predicted octanol–water partition coefficient (Wildman–Crippen LogP) is 1.73. The molecule has 0 amide bonds. The van der Waals surface area contributed by atoms with Gasteiger partial charge in [0.1, 0.15) is 12.4 Å². The third-order valence-corrected chi connectivity index (χ3v) is 4.81. The lowest BCUT2D eigenvalue weighted by atomic mass is 10.1. The summed E-state index contributed by atoms with van der Waals surface area (Å²) in [7, 11) is -2.02. The van der Waals surface area contributed by atoms with Gasteiger partial charge in [-0.15, -0.1) is 0 Å². The number of nitrogens with zero attached hydrogens (tertiary/aromatic N) is 2. The number of aromatic nitrogens is 2. The Morgan fingerprint density at radius 2 is 1.90 bits per heavy atom. The number of nitrogens with one attached hydrogen (secondary N) is 1. The molecule has 1 aromatic carbocycles. The second-order valence-electron chi connectivity index (χ2n) is 4.91. The fraction of sp³-hybridized carbons (Fsp3) is 0.357. The van der Waals surface area contributed by atoms with Crippen molar-refractivity contribution in [2.75, 3.05) is 20.2 Å². The lowest BCUT2D eigenvalue weighted by molar-refractivity contribution is 0.286. The molecule has 1 N–H and O–H groups in total. The predicted molar refractivity (Wildman–Crippen MR) is 79.8 cm³/mol. The van der Waals surface area contributed by atoms with Gasteiger partial charge >= 0.3 is 0 Å². The maximum atomic E-state index is 12.1. The smallest absolute Gasteiger partial charge is 0.259 e. The minimum atomic E-state index is -3.53. The molecule has 1 aromatic heterocycles. The van der Waals surface area contributed by atoms with Crippen molar-refractivity contribution in [3.63, 3.8) is 0 Å². The molecule has 0 spiro atoms. The van der Waals surface area contributed by atoms with E-state index in [0.717, 1.165) is 16.9 Å². The third-order valence-electron chi connectivity index (χ3n) is 3.03. The Morgan fingerprint density at radius 3 is 2.48 bits per heavy atom. The van der Waals surface area contributed by atoms with Gasteiger partial charge in [-0.2, -0.15) is 4.31 Å². The van der Waals surface area contributed by atoms with E-state index in [2.05, 4.69) is 16.0 Å². The standard InChI is InChI=1S/C14H19N3O3S/c1-11-6-12(2)8-13(7-11)20-5-4-17(3)21(18,19)14-9-15-10-16-14/h6-10H,4-5H2,1-3H3,(H,15,16). The molecule has 0 radical (unpaired) electrons. The summed E-state index contributed by atoms with van der Waals surface area (Å²) >= 11 is 0. The number of sulfonamides is 1. The fourth-order valence-corrected chi connectivity index (χ4v) is 3.03. The van der Waals surface area contributed by atoms with Crippen molar-refractivity contribution in [1.29, 1.82) is 0 Å². The van der Waals surface area contributed by atoms with Gasteiger partial charge in [0.15, 0.2) is 5.03 Å². The molecule has 6 nitrogen and oxygen atoms in total. The highest BCUT2D eigenvalue weighted by molar-refractivity contribution is 7.89. The largest absolute Gasteiger partial charge is 0.492 e. The molecule has 0 aliphatic rings. The first-order valence-corrected chi connectivity index (χ1v) is 7.99. The number of imidazole rings is 1. The number of aromatic amines is 1. The first-order valence-electron chi connectivity index (χ1n) is 6.55. The van der Waals surface area contributed by atoms with Gasteiger partial charge in [-0.1, -0.05) is 6.07 Å². The van der Waals surface area contributed by atoms with Crippen molar-refractivity contribution in [3.8, 4) is 5.75 Å². The number of benzene rings is 1. The van der Waals surface area contributed by atoms with Crippen molar-refractivity contribution in [2.24, 2.45) is 0 Å². The second kappa shape index (κ2) is 6.28. The van der Waals surface area contributed by atoms with E-state index in [-0.39, 0.29) is 18.2 Å². The Labute approximate surface area is 124 Å². The first-order chi connectivity index (χ1) is 9.89. The zero-order valence-corrected chi connectivity index (χ0v) is 13.1. The Hall–Kier alpha value is -1.86. The molecule has 1 heterocycles. The number of hydrogen-bond donors (Lipinski definition) is 1. The minimum Gasteiger partial charge on any atom is -0.492 e.